The summed E-state index contributed by atoms with van der Waals surface area (Å²) in [5, 5.41) is 11.7. The Kier molecular flexibility index (Phi) is 7.14. The molecule has 1 atom stereocenters. The number of thiazole rings is 1. The van der Waals surface area contributed by atoms with Crippen molar-refractivity contribution in [3.8, 4) is 0 Å². The van der Waals surface area contributed by atoms with Crippen molar-refractivity contribution in [3.05, 3.63) is 104 Å². The van der Waals surface area contributed by atoms with Crippen molar-refractivity contribution in [1.29, 1.82) is 0 Å². The van der Waals surface area contributed by atoms with Crippen LogP contribution >= 0.6 is 46.1 Å². The van der Waals surface area contributed by atoms with Crippen LogP contribution in [0, 0.1) is 10.1 Å². The van der Waals surface area contributed by atoms with E-state index in [-0.39, 0.29) is 38.0 Å². The predicted octanol–water partition coefficient (Wildman–Crippen LogP) is 4.67. The zero-order valence-corrected chi connectivity index (χ0v) is 21.3. The molecule has 2 aromatic carbocycles. The van der Waals surface area contributed by atoms with E-state index in [2.05, 4.69) is 4.99 Å². The summed E-state index contributed by atoms with van der Waals surface area (Å²) in [6.45, 7) is 3.48. The number of ether oxygens (including phenoxy) is 1. The smallest absolute Gasteiger partial charge is 0.338 e. The first-order valence-corrected chi connectivity index (χ1v) is 12.2. The first kappa shape index (κ1) is 25.1. The molecular formula is C23H16Cl3N3O5S. The van der Waals surface area contributed by atoms with E-state index < -0.39 is 22.5 Å². The predicted molar refractivity (Wildman–Crippen MR) is 135 cm³/mol. The molecule has 0 amide bonds. The van der Waals surface area contributed by atoms with Crippen molar-refractivity contribution in [1.82, 2.24) is 4.57 Å². The highest BCUT2D eigenvalue weighted by Crippen LogP contribution is 2.35. The number of aromatic nitrogens is 1. The van der Waals surface area contributed by atoms with Gasteiger partial charge in [0.05, 0.1) is 27.3 Å². The molecule has 8 nitrogen and oxygen atoms in total. The van der Waals surface area contributed by atoms with E-state index in [1.807, 2.05) is 0 Å². The average molecular weight is 553 g/mol. The minimum absolute atomic E-state index is 0.118. The summed E-state index contributed by atoms with van der Waals surface area (Å²) < 4.78 is 6.83. The van der Waals surface area contributed by atoms with Crippen LogP contribution in [-0.4, -0.2) is 22.1 Å². The molecule has 0 N–H and O–H groups in total. The van der Waals surface area contributed by atoms with Gasteiger partial charge in [0, 0.05) is 21.7 Å². The second-order valence-electron chi connectivity index (χ2n) is 7.41. The Morgan fingerprint density at radius 3 is 2.60 bits per heavy atom. The quantitative estimate of drug-likeness (QED) is 0.260. The summed E-state index contributed by atoms with van der Waals surface area (Å²) in [6, 6.07) is 8.45. The van der Waals surface area contributed by atoms with Gasteiger partial charge in [-0.25, -0.2) is 9.79 Å². The number of rotatable bonds is 5. The molecule has 0 spiro atoms. The maximum Gasteiger partial charge on any atom is 0.338 e. The van der Waals surface area contributed by atoms with Gasteiger partial charge < -0.3 is 4.74 Å². The van der Waals surface area contributed by atoms with E-state index >= 15 is 0 Å². The van der Waals surface area contributed by atoms with E-state index in [9.17, 15) is 19.7 Å². The van der Waals surface area contributed by atoms with Crippen LogP contribution in [0.25, 0.3) is 6.08 Å². The molecule has 4 rings (SSSR count). The number of allylic oxidation sites excluding steroid dienone is 1. The third kappa shape index (κ3) is 4.64. The van der Waals surface area contributed by atoms with E-state index in [1.54, 1.807) is 38.1 Å². The lowest BCUT2D eigenvalue weighted by Crippen LogP contribution is -2.40. The van der Waals surface area contributed by atoms with Crippen LogP contribution in [0.15, 0.2) is 57.5 Å². The molecule has 1 aliphatic heterocycles. The van der Waals surface area contributed by atoms with Crippen molar-refractivity contribution in [3.63, 3.8) is 0 Å². The highest BCUT2D eigenvalue weighted by molar-refractivity contribution is 7.07. The normalized spacial score (nSPS) is 15.6. The zero-order valence-electron chi connectivity index (χ0n) is 18.3. The fourth-order valence-electron chi connectivity index (χ4n) is 3.73. The number of halogens is 3. The number of esters is 1. The van der Waals surface area contributed by atoms with Gasteiger partial charge in [-0.15, -0.1) is 0 Å². The maximum atomic E-state index is 13.6. The molecule has 35 heavy (non-hydrogen) atoms. The van der Waals surface area contributed by atoms with Gasteiger partial charge in [0.25, 0.3) is 11.2 Å². The van der Waals surface area contributed by atoms with Gasteiger partial charge >= 0.3 is 5.97 Å². The number of nitrogens with zero attached hydrogens (tertiary/aromatic N) is 3. The van der Waals surface area contributed by atoms with Crippen LogP contribution in [0.2, 0.25) is 15.1 Å². The molecule has 12 heteroatoms. The summed E-state index contributed by atoms with van der Waals surface area (Å²) >= 11 is 19.7. The Bertz CT molecular complexity index is 1590. The number of benzene rings is 2. The van der Waals surface area contributed by atoms with Crippen LogP contribution in [0.3, 0.4) is 0 Å². The molecule has 0 bridgehead atoms. The minimum atomic E-state index is -0.879. The van der Waals surface area contributed by atoms with Gasteiger partial charge in [-0.2, -0.15) is 0 Å². The number of carbonyl (C=O) groups is 1. The van der Waals surface area contributed by atoms with Gasteiger partial charge in [0.15, 0.2) is 4.80 Å². The van der Waals surface area contributed by atoms with Crippen molar-refractivity contribution in [2.24, 2.45) is 4.99 Å². The van der Waals surface area contributed by atoms with Crippen molar-refractivity contribution in [2.75, 3.05) is 6.61 Å². The lowest BCUT2D eigenvalue weighted by Gasteiger charge is -2.25. The van der Waals surface area contributed by atoms with Gasteiger partial charge in [-0.3, -0.25) is 19.5 Å². The van der Waals surface area contributed by atoms with Crippen molar-refractivity contribution >= 4 is 63.9 Å². The lowest BCUT2D eigenvalue weighted by atomic mass is 9.96. The van der Waals surface area contributed by atoms with Crippen molar-refractivity contribution in [2.45, 2.75) is 19.9 Å². The largest absolute Gasteiger partial charge is 0.463 e. The van der Waals surface area contributed by atoms with Crippen LogP contribution in [0.1, 0.15) is 31.0 Å². The Balaban J connectivity index is 1.99. The van der Waals surface area contributed by atoms with Gasteiger partial charge in [0.1, 0.15) is 11.1 Å². The summed E-state index contributed by atoms with van der Waals surface area (Å²) in [5.41, 5.74) is 0.537. The van der Waals surface area contributed by atoms with Gasteiger partial charge in [0.2, 0.25) is 0 Å². The second-order valence-corrected chi connectivity index (χ2v) is 9.64. The highest BCUT2D eigenvalue weighted by atomic mass is 35.5. The van der Waals surface area contributed by atoms with Crippen LogP contribution in [0.4, 0.5) is 5.69 Å². The molecular weight excluding hydrogens is 537 g/mol. The number of carbonyl (C=O) groups excluding carboxylic acids is 1. The topological polar surface area (TPSA) is 104 Å². The third-order valence-corrected chi connectivity index (χ3v) is 7.22. The van der Waals surface area contributed by atoms with E-state index in [0.717, 1.165) is 11.3 Å². The van der Waals surface area contributed by atoms with Crippen LogP contribution in [0.5, 0.6) is 0 Å². The molecule has 0 saturated carbocycles. The number of nitro benzene ring substituents is 1. The fourth-order valence-corrected chi connectivity index (χ4v) is 5.51. The van der Waals surface area contributed by atoms with E-state index in [1.165, 1.54) is 22.8 Å². The maximum absolute atomic E-state index is 13.6. The molecule has 3 aromatic rings. The van der Waals surface area contributed by atoms with Crippen LogP contribution < -0.4 is 14.9 Å². The molecule has 0 unspecified atom stereocenters. The SMILES string of the molecule is CCOC(=O)C1=C(C)N=c2s/c(=C/c3cc([N+](=O)[O-])c(Cl)cc3Cl)c(=O)n2[C@H]1c1ccccc1Cl. The molecule has 180 valence electrons. The molecule has 0 radical (unpaired) electrons. The molecule has 2 heterocycles. The Morgan fingerprint density at radius 1 is 1.23 bits per heavy atom. The van der Waals surface area contributed by atoms with E-state index in [0.29, 0.717) is 21.1 Å². The molecule has 0 fully saturated rings. The highest BCUT2D eigenvalue weighted by Gasteiger charge is 2.34. The minimum Gasteiger partial charge on any atom is -0.463 e. The molecule has 0 saturated heterocycles. The van der Waals surface area contributed by atoms with Crippen LogP contribution in [-0.2, 0) is 9.53 Å². The first-order valence-electron chi connectivity index (χ1n) is 10.2. The monoisotopic (exact) mass is 551 g/mol. The summed E-state index contributed by atoms with van der Waals surface area (Å²) in [7, 11) is 0. The number of fused-ring (bicyclic) bond motifs is 1. The Morgan fingerprint density at radius 2 is 1.94 bits per heavy atom. The van der Waals surface area contributed by atoms with E-state index in [4.69, 9.17) is 39.5 Å². The Labute approximate surface area is 217 Å². The fraction of sp³-hybridized carbons (Fsp3) is 0.174. The number of hydrogen-bond donors (Lipinski definition) is 0. The molecule has 1 aromatic heterocycles. The first-order chi connectivity index (χ1) is 16.6. The number of hydrogen-bond acceptors (Lipinski definition) is 7. The molecule has 0 aliphatic carbocycles. The second kappa shape index (κ2) is 9.94. The summed E-state index contributed by atoms with van der Waals surface area (Å²) in [5.74, 6) is -0.607. The summed E-state index contributed by atoms with van der Waals surface area (Å²) in [6.07, 6.45) is 1.43. The van der Waals surface area contributed by atoms with Crippen molar-refractivity contribution < 1.29 is 14.5 Å². The average Bonchev–Trinajstić information content (AvgIpc) is 3.09. The molecule has 1 aliphatic rings. The van der Waals surface area contributed by atoms with Gasteiger partial charge in [-0.1, -0.05) is 64.3 Å². The third-order valence-electron chi connectivity index (χ3n) is 5.27. The Hall–Kier alpha value is -2.98. The summed E-state index contributed by atoms with van der Waals surface area (Å²) in [4.78, 5) is 42.0. The lowest BCUT2D eigenvalue weighted by molar-refractivity contribution is -0.384. The van der Waals surface area contributed by atoms with Gasteiger partial charge in [-0.05, 0) is 37.6 Å². The standard InChI is InChI=1S/C23H16Cl3N3O5S/c1-3-34-22(31)19-11(2)27-23-28(20(19)13-6-4-5-7-14(13)24)21(30)18(35-23)9-12-8-17(29(32)33)16(26)10-15(12)25/h4-10,20H,3H2,1-2H3/b18-9+/t20-/m0/s1. The number of nitro groups is 1. The zero-order chi connectivity index (χ0) is 25.4.